The fraction of sp³-hybridized carbons (Fsp3) is 0.462. The van der Waals surface area contributed by atoms with Gasteiger partial charge in [-0.05, 0) is 23.6 Å². The lowest BCUT2D eigenvalue weighted by Crippen LogP contribution is -2.19. The second-order valence-corrected chi connectivity index (χ2v) is 4.16. The van der Waals surface area contributed by atoms with E-state index in [4.69, 9.17) is 5.53 Å². The lowest BCUT2D eigenvalue weighted by atomic mass is 9.98. The van der Waals surface area contributed by atoms with Crippen LogP contribution in [0.5, 0.6) is 0 Å². The predicted octanol–water partition coefficient (Wildman–Crippen LogP) is 2.37. The van der Waals surface area contributed by atoms with Crippen LogP contribution in [-0.4, -0.2) is 28.6 Å². The van der Waals surface area contributed by atoms with Crippen LogP contribution in [0.2, 0.25) is 0 Å². The first-order valence-electron chi connectivity index (χ1n) is 6.10. The van der Waals surface area contributed by atoms with Crippen LogP contribution in [0.4, 0.5) is 0 Å². The van der Waals surface area contributed by atoms with Gasteiger partial charge in [0.2, 0.25) is 0 Å². The first-order valence-corrected chi connectivity index (χ1v) is 6.10. The average molecular weight is 263 g/mol. The molecule has 102 valence electrons. The lowest BCUT2D eigenvalue weighted by Gasteiger charge is -2.17. The molecular formula is C13H17N3O3. The van der Waals surface area contributed by atoms with Crippen molar-refractivity contribution in [3.8, 4) is 0 Å². The third kappa shape index (κ3) is 4.37. The number of nitrogens with zero attached hydrogens (tertiary/aromatic N) is 3. The normalized spacial score (nSPS) is 13.4. The summed E-state index contributed by atoms with van der Waals surface area (Å²) in [5.74, 6) is -0.0161. The summed E-state index contributed by atoms with van der Waals surface area (Å²) in [6.45, 7) is 1.88. The van der Waals surface area contributed by atoms with Crippen LogP contribution < -0.4 is 0 Å². The molecule has 2 atom stereocenters. The molecular weight excluding hydrogens is 246 g/mol. The summed E-state index contributed by atoms with van der Waals surface area (Å²) in [4.78, 5) is 14.1. The van der Waals surface area contributed by atoms with Crippen molar-refractivity contribution in [2.75, 3.05) is 6.54 Å². The smallest absolute Gasteiger partial charge is 0.162 e. The number of carbonyl (C=O) groups excluding carboxylic acids is 1. The lowest BCUT2D eigenvalue weighted by molar-refractivity contribution is 0.0150. The van der Waals surface area contributed by atoms with Crippen LogP contribution in [0.25, 0.3) is 10.4 Å². The quantitative estimate of drug-likeness (QED) is 0.341. The molecule has 6 nitrogen and oxygen atoms in total. The highest BCUT2D eigenvalue weighted by atomic mass is 16.3. The van der Waals surface area contributed by atoms with Crippen LogP contribution in [0.15, 0.2) is 29.4 Å². The zero-order valence-corrected chi connectivity index (χ0v) is 10.7. The molecule has 0 amide bonds. The number of rotatable bonds is 7. The SMILES string of the molecule is CCC(=O)c1cccc(C(O)C(O)CCN=[N+]=[N-])c1. The summed E-state index contributed by atoms with van der Waals surface area (Å²) in [6.07, 6.45) is -1.58. The van der Waals surface area contributed by atoms with E-state index in [0.29, 0.717) is 17.5 Å². The summed E-state index contributed by atoms with van der Waals surface area (Å²) >= 11 is 0. The largest absolute Gasteiger partial charge is 0.390 e. The van der Waals surface area contributed by atoms with Crippen molar-refractivity contribution in [1.29, 1.82) is 0 Å². The minimum Gasteiger partial charge on any atom is -0.390 e. The van der Waals surface area contributed by atoms with Gasteiger partial charge in [0.05, 0.1) is 6.10 Å². The summed E-state index contributed by atoms with van der Waals surface area (Å²) in [5, 5.41) is 23.0. The maximum Gasteiger partial charge on any atom is 0.162 e. The maximum absolute atomic E-state index is 11.6. The molecule has 0 heterocycles. The summed E-state index contributed by atoms with van der Waals surface area (Å²) in [6, 6.07) is 6.57. The molecule has 0 spiro atoms. The number of hydrogen-bond acceptors (Lipinski definition) is 4. The molecule has 0 aliphatic heterocycles. The monoisotopic (exact) mass is 263 g/mol. The highest BCUT2D eigenvalue weighted by Crippen LogP contribution is 2.20. The molecule has 2 N–H and O–H groups in total. The first kappa shape index (κ1) is 15.2. The number of Topliss-reactive ketones (excluding diaryl/α,β-unsaturated/α-hetero) is 1. The van der Waals surface area contributed by atoms with Crippen molar-refractivity contribution < 1.29 is 15.0 Å². The van der Waals surface area contributed by atoms with Crippen molar-refractivity contribution in [3.63, 3.8) is 0 Å². The van der Waals surface area contributed by atoms with E-state index in [2.05, 4.69) is 10.0 Å². The van der Waals surface area contributed by atoms with Crippen LogP contribution in [-0.2, 0) is 0 Å². The highest BCUT2D eigenvalue weighted by molar-refractivity contribution is 5.95. The van der Waals surface area contributed by atoms with E-state index in [1.807, 2.05) is 0 Å². The average Bonchev–Trinajstić information content (AvgIpc) is 2.45. The van der Waals surface area contributed by atoms with Gasteiger partial charge in [0.25, 0.3) is 0 Å². The van der Waals surface area contributed by atoms with Crippen LogP contribution in [0, 0.1) is 0 Å². The van der Waals surface area contributed by atoms with Gasteiger partial charge in [-0.25, -0.2) is 0 Å². The summed E-state index contributed by atoms with van der Waals surface area (Å²) in [5.41, 5.74) is 9.13. The van der Waals surface area contributed by atoms with E-state index >= 15 is 0 Å². The fourth-order valence-electron chi connectivity index (χ4n) is 1.71. The van der Waals surface area contributed by atoms with Gasteiger partial charge in [0.1, 0.15) is 6.10 Å². The minimum atomic E-state index is -1.10. The molecule has 1 rings (SSSR count). The molecule has 0 bridgehead atoms. The first-order chi connectivity index (χ1) is 9.10. The van der Waals surface area contributed by atoms with Gasteiger partial charge in [0.15, 0.2) is 5.78 Å². The van der Waals surface area contributed by atoms with Crippen molar-refractivity contribution in [1.82, 2.24) is 0 Å². The van der Waals surface area contributed by atoms with Crippen molar-refractivity contribution in [2.45, 2.75) is 32.0 Å². The third-order valence-corrected chi connectivity index (χ3v) is 2.82. The number of ketones is 1. The number of aliphatic hydroxyl groups is 2. The molecule has 0 aliphatic rings. The van der Waals surface area contributed by atoms with E-state index < -0.39 is 12.2 Å². The number of benzene rings is 1. The van der Waals surface area contributed by atoms with Crippen LogP contribution in [0.3, 0.4) is 0 Å². The van der Waals surface area contributed by atoms with E-state index in [0.717, 1.165) is 0 Å². The second kappa shape index (κ2) is 7.53. The van der Waals surface area contributed by atoms with Gasteiger partial charge >= 0.3 is 0 Å². The van der Waals surface area contributed by atoms with E-state index in [1.54, 1.807) is 31.2 Å². The molecule has 0 saturated carbocycles. The van der Waals surface area contributed by atoms with Gasteiger partial charge in [0, 0.05) is 23.4 Å². The van der Waals surface area contributed by atoms with Gasteiger partial charge in [-0.2, -0.15) is 0 Å². The number of carbonyl (C=O) groups is 1. The Morgan fingerprint density at radius 3 is 2.84 bits per heavy atom. The molecule has 0 aromatic heterocycles. The molecule has 2 unspecified atom stereocenters. The molecule has 19 heavy (non-hydrogen) atoms. The Labute approximate surface area is 111 Å². The topological polar surface area (TPSA) is 106 Å². The Balaban J connectivity index is 2.78. The Morgan fingerprint density at radius 2 is 2.21 bits per heavy atom. The molecule has 0 fully saturated rings. The highest BCUT2D eigenvalue weighted by Gasteiger charge is 2.18. The number of hydrogen-bond donors (Lipinski definition) is 2. The molecule has 1 aromatic carbocycles. The molecule has 0 aliphatic carbocycles. The fourth-order valence-corrected chi connectivity index (χ4v) is 1.71. The van der Waals surface area contributed by atoms with Crippen molar-refractivity contribution in [3.05, 3.63) is 45.8 Å². The van der Waals surface area contributed by atoms with E-state index in [1.165, 1.54) is 0 Å². The van der Waals surface area contributed by atoms with Crippen LogP contribution in [0.1, 0.15) is 41.8 Å². The molecule has 0 radical (unpaired) electrons. The zero-order valence-electron chi connectivity index (χ0n) is 10.7. The second-order valence-electron chi connectivity index (χ2n) is 4.16. The predicted molar refractivity (Wildman–Crippen MR) is 70.7 cm³/mol. The van der Waals surface area contributed by atoms with Crippen molar-refractivity contribution >= 4 is 5.78 Å². The van der Waals surface area contributed by atoms with Crippen molar-refractivity contribution in [2.24, 2.45) is 5.11 Å². The standard InChI is InChI=1S/C13H17N3O3/c1-2-11(17)9-4-3-5-10(8-9)13(19)12(18)6-7-15-16-14/h3-5,8,12-13,18-19H,2,6-7H2,1H3. The number of azide groups is 1. The van der Waals surface area contributed by atoms with E-state index in [9.17, 15) is 15.0 Å². The molecule has 6 heteroatoms. The number of aliphatic hydroxyl groups excluding tert-OH is 2. The third-order valence-electron chi connectivity index (χ3n) is 2.82. The summed E-state index contributed by atoms with van der Waals surface area (Å²) < 4.78 is 0. The Bertz CT molecular complexity index is 484. The van der Waals surface area contributed by atoms with Gasteiger partial charge in [-0.3, -0.25) is 4.79 Å². The van der Waals surface area contributed by atoms with Gasteiger partial charge in [-0.1, -0.05) is 30.2 Å². The Morgan fingerprint density at radius 1 is 1.47 bits per heavy atom. The van der Waals surface area contributed by atoms with Gasteiger partial charge in [-0.15, -0.1) is 0 Å². The zero-order chi connectivity index (χ0) is 14.3. The summed E-state index contributed by atoms with van der Waals surface area (Å²) in [7, 11) is 0. The Hall–Kier alpha value is -1.88. The van der Waals surface area contributed by atoms with E-state index in [-0.39, 0.29) is 18.7 Å². The van der Waals surface area contributed by atoms with Gasteiger partial charge < -0.3 is 10.2 Å². The molecule has 1 aromatic rings. The van der Waals surface area contributed by atoms with Crippen LogP contribution >= 0.6 is 0 Å². The maximum atomic E-state index is 11.6. The molecule has 0 saturated heterocycles. The minimum absolute atomic E-state index is 0.0161. The Kier molecular flexibility index (Phi) is 6.02.